The van der Waals surface area contributed by atoms with E-state index in [1.165, 1.54) is 12.1 Å². The van der Waals surface area contributed by atoms with Crippen molar-refractivity contribution in [1.29, 1.82) is 0 Å². The lowest BCUT2D eigenvalue weighted by atomic mass is 10.1. The Hall–Kier alpha value is -3.16. The Labute approximate surface area is 195 Å². The molecule has 0 heterocycles. The molecule has 7 heteroatoms. The zero-order valence-electron chi connectivity index (χ0n) is 18.6. The van der Waals surface area contributed by atoms with Gasteiger partial charge in [0.15, 0.2) is 6.10 Å². The molecule has 0 aliphatic carbocycles. The lowest BCUT2D eigenvalue weighted by molar-refractivity contribution is -0.152. The van der Waals surface area contributed by atoms with Gasteiger partial charge >= 0.3 is 5.97 Å². The quantitative estimate of drug-likeness (QED) is 0.257. The van der Waals surface area contributed by atoms with Crippen molar-refractivity contribution >= 4 is 16.1 Å². The van der Waals surface area contributed by atoms with Crippen molar-refractivity contribution < 1.29 is 26.9 Å². The monoisotopic (exact) mass is 468 g/mol. The molecule has 0 N–H and O–H groups in total. The molecular formula is C26H28O6S. The van der Waals surface area contributed by atoms with E-state index in [4.69, 9.17) is 13.7 Å². The summed E-state index contributed by atoms with van der Waals surface area (Å²) in [6, 6.07) is 24.8. The number of rotatable bonds is 12. The minimum absolute atomic E-state index is 0.0562. The van der Waals surface area contributed by atoms with Crippen LogP contribution in [0.15, 0.2) is 89.8 Å². The average Bonchev–Trinajstić information content (AvgIpc) is 2.83. The van der Waals surface area contributed by atoms with E-state index in [0.29, 0.717) is 30.8 Å². The molecule has 0 aliphatic rings. The number of hydrogen-bond donors (Lipinski definition) is 0. The van der Waals surface area contributed by atoms with Gasteiger partial charge < -0.3 is 9.47 Å². The van der Waals surface area contributed by atoms with Crippen LogP contribution in [-0.2, 0) is 30.3 Å². The van der Waals surface area contributed by atoms with E-state index < -0.39 is 22.2 Å². The van der Waals surface area contributed by atoms with E-state index in [2.05, 4.69) is 0 Å². The highest BCUT2D eigenvalue weighted by Gasteiger charge is 2.28. The van der Waals surface area contributed by atoms with Gasteiger partial charge in [-0.05, 0) is 67.6 Å². The molecule has 33 heavy (non-hydrogen) atoms. The Morgan fingerprint density at radius 1 is 0.848 bits per heavy atom. The van der Waals surface area contributed by atoms with Crippen molar-refractivity contribution in [2.45, 2.75) is 43.6 Å². The summed E-state index contributed by atoms with van der Waals surface area (Å²) in [4.78, 5) is 12.4. The van der Waals surface area contributed by atoms with E-state index >= 15 is 0 Å². The maximum Gasteiger partial charge on any atom is 0.336 e. The molecule has 0 fully saturated rings. The fraction of sp³-hybridized carbons (Fsp3) is 0.269. The van der Waals surface area contributed by atoms with Gasteiger partial charge in [-0.3, -0.25) is 4.18 Å². The Balaban J connectivity index is 1.66. The van der Waals surface area contributed by atoms with E-state index in [-0.39, 0.29) is 17.9 Å². The highest BCUT2D eigenvalue weighted by Crippen LogP contribution is 2.24. The number of ether oxygens (including phenoxy) is 2. The first-order chi connectivity index (χ1) is 16.0. The maximum absolute atomic E-state index is 12.9. The normalized spacial score (nSPS) is 12.2. The van der Waals surface area contributed by atoms with Crippen LogP contribution in [0.25, 0.3) is 0 Å². The van der Waals surface area contributed by atoms with E-state index in [1.807, 2.05) is 55.5 Å². The molecule has 0 saturated carbocycles. The number of carbonyl (C=O) groups excluding carboxylic acids is 1. The zero-order chi connectivity index (χ0) is 23.5. The first-order valence-electron chi connectivity index (χ1n) is 10.9. The Morgan fingerprint density at radius 3 is 2.09 bits per heavy atom. The van der Waals surface area contributed by atoms with Crippen LogP contribution < -0.4 is 4.74 Å². The molecule has 174 valence electrons. The van der Waals surface area contributed by atoms with Gasteiger partial charge in [0.1, 0.15) is 11.5 Å². The van der Waals surface area contributed by atoms with Crippen LogP contribution in [0.3, 0.4) is 0 Å². The largest absolute Gasteiger partial charge is 0.464 e. The first-order valence-corrected chi connectivity index (χ1v) is 12.4. The molecular weight excluding hydrogens is 440 g/mol. The van der Waals surface area contributed by atoms with Crippen molar-refractivity contribution in [3.63, 3.8) is 0 Å². The van der Waals surface area contributed by atoms with Crippen LogP contribution in [0, 0.1) is 0 Å². The van der Waals surface area contributed by atoms with Crippen LogP contribution in [0.5, 0.6) is 11.5 Å². The fourth-order valence-electron chi connectivity index (χ4n) is 3.14. The number of carbonyl (C=O) groups is 1. The molecule has 3 aromatic carbocycles. The number of hydrogen-bond acceptors (Lipinski definition) is 6. The SMILES string of the molecule is CCCOC(=O)[C@@H](CCCc1ccccc1)OS(=O)(=O)c1ccc(Oc2ccccc2)cc1. The fourth-order valence-corrected chi connectivity index (χ4v) is 4.21. The second-order valence-electron chi connectivity index (χ2n) is 7.47. The summed E-state index contributed by atoms with van der Waals surface area (Å²) in [6.45, 7) is 2.08. The third-order valence-electron chi connectivity index (χ3n) is 4.82. The van der Waals surface area contributed by atoms with Crippen LogP contribution in [0.2, 0.25) is 0 Å². The number of aryl methyl sites for hydroxylation is 1. The summed E-state index contributed by atoms with van der Waals surface area (Å²) in [6.07, 6.45) is 0.942. The maximum atomic E-state index is 12.9. The third kappa shape index (κ3) is 7.73. The zero-order valence-corrected chi connectivity index (χ0v) is 19.4. The molecule has 6 nitrogen and oxygen atoms in total. The molecule has 3 rings (SSSR count). The van der Waals surface area contributed by atoms with Crippen LogP contribution in [0.4, 0.5) is 0 Å². The predicted molar refractivity (Wildman–Crippen MR) is 126 cm³/mol. The van der Waals surface area contributed by atoms with Gasteiger partial charge in [0, 0.05) is 0 Å². The number of esters is 1. The third-order valence-corrected chi connectivity index (χ3v) is 6.16. The molecule has 0 unspecified atom stereocenters. The van der Waals surface area contributed by atoms with Gasteiger partial charge in [-0.2, -0.15) is 8.42 Å². The van der Waals surface area contributed by atoms with Crippen molar-refractivity contribution in [2.24, 2.45) is 0 Å². The van der Waals surface area contributed by atoms with Crippen molar-refractivity contribution in [1.82, 2.24) is 0 Å². The van der Waals surface area contributed by atoms with Gasteiger partial charge in [0.2, 0.25) is 0 Å². The lowest BCUT2D eigenvalue weighted by Gasteiger charge is -2.17. The standard InChI is InChI=1S/C26H28O6S/c1-2-20-30-26(27)25(15-9-12-21-10-5-3-6-11-21)32-33(28,29)24-18-16-23(17-19-24)31-22-13-7-4-8-14-22/h3-8,10-11,13-14,16-19,25H,2,9,12,15,20H2,1H3/t25-/m1/s1. The summed E-state index contributed by atoms with van der Waals surface area (Å²) in [5.41, 5.74) is 1.11. The summed E-state index contributed by atoms with van der Waals surface area (Å²) < 4.78 is 41.9. The summed E-state index contributed by atoms with van der Waals surface area (Å²) in [5, 5.41) is 0. The van der Waals surface area contributed by atoms with Gasteiger partial charge in [-0.25, -0.2) is 4.79 Å². The molecule has 0 bridgehead atoms. The van der Waals surface area contributed by atoms with Crippen molar-refractivity contribution in [3.05, 3.63) is 90.5 Å². The lowest BCUT2D eigenvalue weighted by Crippen LogP contribution is -2.29. The van der Waals surface area contributed by atoms with Crippen LogP contribution >= 0.6 is 0 Å². The van der Waals surface area contributed by atoms with Crippen LogP contribution in [0.1, 0.15) is 31.7 Å². The summed E-state index contributed by atoms with van der Waals surface area (Å²) >= 11 is 0. The highest BCUT2D eigenvalue weighted by molar-refractivity contribution is 7.86. The van der Waals surface area contributed by atoms with Crippen molar-refractivity contribution in [2.75, 3.05) is 6.61 Å². The smallest absolute Gasteiger partial charge is 0.336 e. The molecule has 0 spiro atoms. The van der Waals surface area contributed by atoms with Crippen LogP contribution in [-0.4, -0.2) is 27.1 Å². The van der Waals surface area contributed by atoms with Gasteiger partial charge in [-0.1, -0.05) is 55.5 Å². The molecule has 0 aliphatic heterocycles. The molecule has 0 amide bonds. The van der Waals surface area contributed by atoms with Gasteiger partial charge in [0.05, 0.1) is 11.5 Å². The first kappa shape index (κ1) is 24.5. The minimum Gasteiger partial charge on any atom is -0.464 e. The summed E-state index contributed by atoms with van der Waals surface area (Å²) in [5.74, 6) is 0.459. The van der Waals surface area contributed by atoms with E-state index in [0.717, 1.165) is 5.56 Å². The Morgan fingerprint density at radius 2 is 1.45 bits per heavy atom. The molecule has 0 saturated heterocycles. The topological polar surface area (TPSA) is 78.9 Å². The molecule has 3 aromatic rings. The Bertz CT molecular complexity index is 1100. The molecule has 0 radical (unpaired) electrons. The second kappa shape index (κ2) is 12.2. The van der Waals surface area contributed by atoms with E-state index in [9.17, 15) is 13.2 Å². The molecule has 1 atom stereocenters. The minimum atomic E-state index is -4.17. The summed E-state index contributed by atoms with van der Waals surface area (Å²) in [7, 11) is -4.17. The number of benzene rings is 3. The highest BCUT2D eigenvalue weighted by atomic mass is 32.2. The second-order valence-corrected chi connectivity index (χ2v) is 9.04. The number of para-hydroxylation sites is 1. The van der Waals surface area contributed by atoms with E-state index in [1.54, 1.807) is 24.3 Å². The molecule has 0 aromatic heterocycles. The van der Waals surface area contributed by atoms with Gasteiger partial charge in [0.25, 0.3) is 10.1 Å². The van der Waals surface area contributed by atoms with Crippen molar-refractivity contribution in [3.8, 4) is 11.5 Å². The predicted octanol–water partition coefficient (Wildman–Crippen LogP) is 5.53. The Kier molecular flexibility index (Phi) is 9.04. The van der Waals surface area contributed by atoms with Gasteiger partial charge in [-0.15, -0.1) is 0 Å². The average molecular weight is 469 g/mol.